The molecule has 0 amide bonds. The molecule has 9 heteroatoms. The van der Waals surface area contributed by atoms with E-state index in [-0.39, 0.29) is 5.92 Å². The summed E-state index contributed by atoms with van der Waals surface area (Å²) >= 11 is 0. The van der Waals surface area contributed by atoms with Crippen LogP contribution >= 0.6 is 0 Å². The highest BCUT2D eigenvalue weighted by atomic mass is 32.2. The molecule has 1 N–H and O–H groups in total. The van der Waals surface area contributed by atoms with Gasteiger partial charge in [0, 0.05) is 26.6 Å². The molecular weight excluding hydrogens is 306 g/mol. The van der Waals surface area contributed by atoms with E-state index < -0.39 is 10.0 Å². The number of nitrogens with one attached hydrogen (secondary N) is 1. The third-order valence-electron chi connectivity index (χ3n) is 3.81. The van der Waals surface area contributed by atoms with Gasteiger partial charge >= 0.3 is 0 Å². The third-order valence-corrected chi connectivity index (χ3v) is 5.08. The molecule has 3 rings (SSSR count). The summed E-state index contributed by atoms with van der Waals surface area (Å²) < 4.78 is 30.2. The number of hydrogen-bond donors (Lipinski definition) is 1. The average molecular weight is 325 g/mol. The molecule has 0 radical (unpaired) electrons. The van der Waals surface area contributed by atoms with Gasteiger partial charge in [-0.05, 0) is 18.8 Å². The van der Waals surface area contributed by atoms with Crippen LogP contribution in [0.5, 0.6) is 0 Å². The van der Waals surface area contributed by atoms with Crippen molar-refractivity contribution in [3.05, 3.63) is 12.2 Å². The van der Waals surface area contributed by atoms with Crippen LogP contribution in [0, 0.1) is 12.8 Å². The second-order valence-corrected chi connectivity index (χ2v) is 7.60. The van der Waals surface area contributed by atoms with Crippen molar-refractivity contribution in [1.82, 2.24) is 19.3 Å². The van der Waals surface area contributed by atoms with Gasteiger partial charge in [-0.25, -0.2) is 22.7 Å². The van der Waals surface area contributed by atoms with Gasteiger partial charge in [-0.1, -0.05) is 0 Å². The largest absolute Gasteiger partial charge is 0.422 e. The van der Waals surface area contributed by atoms with Crippen LogP contribution in [0.1, 0.15) is 18.7 Å². The highest BCUT2D eigenvalue weighted by Gasteiger charge is 2.26. The minimum atomic E-state index is -3.12. The molecule has 0 bridgehead atoms. The molecule has 1 saturated heterocycles. The maximum absolute atomic E-state index is 11.6. The zero-order valence-corrected chi connectivity index (χ0v) is 13.4. The predicted octanol–water partition coefficient (Wildman–Crippen LogP) is 1.01. The molecule has 3 heterocycles. The lowest BCUT2D eigenvalue weighted by Gasteiger charge is -2.31. The Labute approximate surface area is 129 Å². The van der Waals surface area contributed by atoms with Gasteiger partial charge in [0.25, 0.3) is 5.71 Å². The van der Waals surface area contributed by atoms with Gasteiger partial charge in [0.05, 0.1) is 6.26 Å². The molecule has 1 atom stereocenters. The lowest BCUT2D eigenvalue weighted by molar-refractivity contribution is 0.276. The lowest BCUT2D eigenvalue weighted by Crippen LogP contribution is -2.41. The number of aryl methyl sites for hydroxylation is 1. The molecule has 1 fully saturated rings. The molecule has 120 valence electrons. The molecule has 1 aliphatic rings. The van der Waals surface area contributed by atoms with Gasteiger partial charge in [0.1, 0.15) is 6.33 Å². The number of nitrogens with zero attached hydrogens (tertiary/aromatic N) is 4. The number of fused-ring (bicyclic) bond motifs is 1. The molecule has 0 aliphatic carbocycles. The van der Waals surface area contributed by atoms with Crippen LogP contribution < -0.4 is 5.32 Å². The highest BCUT2D eigenvalue weighted by Crippen LogP contribution is 2.22. The van der Waals surface area contributed by atoms with Crippen molar-refractivity contribution in [1.29, 1.82) is 0 Å². The second kappa shape index (κ2) is 5.81. The SMILES string of the molecule is Cc1nc2c(NC[C@H]3CCCN(S(C)(=O)=O)C3)ncnc2o1. The Kier molecular flexibility index (Phi) is 4.00. The molecule has 0 saturated carbocycles. The number of piperidine rings is 1. The standard InChI is InChI=1S/C13H19N5O3S/c1-9-17-11-12(15-8-16-13(11)21-9)14-6-10-4-3-5-18(7-10)22(2,19)20/h8,10H,3-7H2,1-2H3,(H,14,15,16)/t10-/m1/s1. The first-order valence-electron chi connectivity index (χ1n) is 7.20. The summed E-state index contributed by atoms with van der Waals surface area (Å²) in [4.78, 5) is 12.5. The quantitative estimate of drug-likeness (QED) is 0.895. The van der Waals surface area contributed by atoms with Gasteiger partial charge in [0.2, 0.25) is 10.0 Å². The van der Waals surface area contributed by atoms with E-state index in [1.165, 1.54) is 12.6 Å². The molecule has 0 spiro atoms. The molecule has 2 aromatic rings. The minimum absolute atomic E-state index is 0.251. The van der Waals surface area contributed by atoms with Crippen LogP contribution in [-0.2, 0) is 10.0 Å². The van der Waals surface area contributed by atoms with Crippen LogP contribution in [0.25, 0.3) is 11.2 Å². The summed E-state index contributed by atoms with van der Waals surface area (Å²) in [6.07, 6.45) is 4.56. The molecule has 0 aromatic carbocycles. The van der Waals surface area contributed by atoms with E-state index in [4.69, 9.17) is 4.42 Å². The molecule has 2 aromatic heterocycles. The van der Waals surface area contributed by atoms with E-state index in [0.29, 0.717) is 42.6 Å². The van der Waals surface area contributed by atoms with E-state index in [0.717, 1.165) is 12.8 Å². The first-order chi connectivity index (χ1) is 10.4. The Hall–Kier alpha value is -1.74. The number of rotatable bonds is 4. The monoisotopic (exact) mass is 325 g/mol. The Morgan fingerprint density at radius 1 is 1.45 bits per heavy atom. The summed E-state index contributed by atoms with van der Waals surface area (Å²) in [5.74, 6) is 1.42. The van der Waals surface area contributed by atoms with E-state index in [1.807, 2.05) is 0 Å². The number of sulfonamides is 1. The fraction of sp³-hybridized carbons (Fsp3) is 0.615. The Balaban J connectivity index is 1.69. The van der Waals surface area contributed by atoms with Crippen molar-refractivity contribution in [3.63, 3.8) is 0 Å². The van der Waals surface area contributed by atoms with Crippen molar-refractivity contribution < 1.29 is 12.8 Å². The smallest absolute Gasteiger partial charge is 0.252 e. The summed E-state index contributed by atoms with van der Waals surface area (Å²) in [7, 11) is -3.12. The summed E-state index contributed by atoms with van der Waals surface area (Å²) in [5, 5.41) is 3.25. The Morgan fingerprint density at radius 3 is 3.05 bits per heavy atom. The summed E-state index contributed by atoms with van der Waals surface area (Å²) in [5.41, 5.74) is 1.06. The van der Waals surface area contributed by atoms with Crippen LogP contribution in [-0.4, -0.2) is 53.6 Å². The molecule has 22 heavy (non-hydrogen) atoms. The van der Waals surface area contributed by atoms with Crippen molar-refractivity contribution >= 4 is 27.1 Å². The first-order valence-corrected chi connectivity index (χ1v) is 9.05. The van der Waals surface area contributed by atoms with Crippen LogP contribution in [0.15, 0.2) is 10.7 Å². The Bertz CT molecular complexity index is 773. The normalized spacial score (nSPS) is 20.4. The third kappa shape index (κ3) is 3.20. The van der Waals surface area contributed by atoms with E-state index in [9.17, 15) is 8.42 Å². The maximum Gasteiger partial charge on any atom is 0.252 e. The zero-order valence-electron chi connectivity index (χ0n) is 12.6. The van der Waals surface area contributed by atoms with E-state index in [1.54, 1.807) is 11.2 Å². The molecule has 8 nitrogen and oxygen atoms in total. The van der Waals surface area contributed by atoms with Gasteiger partial charge < -0.3 is 9.73 Å². The summed E-state index contributed by atoms with van der Waals surface area (Å²) in [6, 6.07) is 0. The number of aromatic nitrogens is 3. The van der Waals surface area contributed by atoms with E-state index >= 15 is 0 Å². The number of anilines is 1. The highest BCUT2D eigenvalue weighted by molar-refractivity contribution is 7.88. The van der Waals surface area contributed by atoms with E-state index in [2.05, 4.69) is 20.3 Å². The van der Waals surface area contributed by atoms with Crippen molar-refractivity contribution in [2.45, 2.75) is 19.8 Å². The topological polar surface area (TPSA) is 101 Å². The van der Waals surface area contributed by atoms with Crippen LogP contribution in [0.4, 0.5) is 5.82 Å². The van der Waals surface area contributed by atoms with Gasteiger partial charge in [-0.3, -0.25) is 0 Å². The summed E-state index contributed by atoms with van der Waals surface area (Å²) in [6.45, 7) is 3.55. The zero-order chi connectivity index (χ0) is 15.7. The molecule has 1 aliphatic heterocycles. The van der Waals surface area contributed by atoms with Gasteiger partial charge in [-0.15, -0.1) is 0 Å². The van der Waals surface area contributed by atoms with Gasteiger partial charge in [-0.2, -0.15) is 4.98 Å². The van der Waals surface area contributed by atoms with Gasteiger partial charge in [0.15, 0.2) is 17.2 Å². The van der Waals surface area contributed by atoms with Crippen molar-refractivity contribution in [2.24, 2.45) is 5.92 Å². The van der Waals surface area contributed by atoms with Crippen LogP contribution in [0.3, 0.4) is 0 Å². The molecule has 0 unspecified atom stereocenters. The average Bonchev–Trinajstić information content (AvgIpc) is 2.85. The van der Waals surface area contributed by atoms with Crippen LogP contribution in [0.2, 0.25) is 0 Å². The van der Waals surface area contributed by atoms with Crippen molar-refractivity contribution in [3.8, 4) is 0 Å². The fourth-order valence-electron chi connectivity index (χ4n) is 2.72. The second-order valence-electron chi connectivity index (χ2n) is 5.62. The fourth-order valence-corrected chi connectivity index (χ4v) is 3.67. The maximum atomic E-state index is 11.6. The number of oxazole rings is 1. The Morgan fingerprint density at radius 2 is 2.27 bits per heavy atom. The van der Waals surface area contributed by atoms with Crippen molar-refractivity contribution in [2.75, 3.05) is 31.2 Å². The predicted molar refractivity (Wildman–Crippen MR) is 82.0 cm³/mol. The first kappa shape index (κ1) is 15.2. The lowest BCUT2D eigenvalue weighted by atomic mass is 10.00. The number of hydrogen-bond acceptors (Lipinski definition) is 7. The minimum Gasteiger partial charge on any atom is -0.422 e. The molecular formula is C13H19N5O3S.